The van der Waals surface area contributed by atoms with Crippen LogP contribution >= 0.6 is 23.2 Å². The molecule has 2 aromatic rings. The highest BCUT2D eigenvalue weighted by Gasteiger charge is 2.23. The van der Waals surface area contributed by atoms with Crippen LogP contribution in [0.15, 0.2) is 42.5 Å². The molecular formula is C15H15Cl2NO. The first-order chi connectivity index (χ1) is 8.87. The lowest BCUT2D eigenvalue weighted by Crippen LogP contribution is -2.25. The highest BCUT2D eigenvalue weighted by Crippen LogP contribution is 2.31. The van der Waals surface area contributed by atoms with Gasteiger partial charge in [0.1, 0.15) is 11.4 Å². The van der Waals surface area contributed by atoms with Gasteiger partial charge >= 0.3 is 0 Å². The standard InChI is InChI=1S/C15H15Cl2NO/c1-15(2,10-7-11(16)9-12(17)8-10)19-14-5-3-13(18)4-6-14/h3-9H,18H2,1-2H3. The molecule has 0 amide bonds. The highest BCUT2D eigenvalue weighted by atomic mass is 35.5. The fourth-order valence-electron chi connectivity index (χ4n) is 1.79. The van der Waals surface area contributed by atoms with Crippen molar-refractivity contribution in [3.63, 3.8) is 0 Å². The van der Waals surface area contributed by atoms with Crippen molar-refractivity contribution in [2.45, 2.75) is 19.4 Å². The summed E-state index contributed by atoms with van der Waals surface area (Å²) >= 11 is 12.0. The van der Waals surface area contributed by atoms with Crippen molar-refractivity contribution in [1.82, 2.24) is 0 Å². The van der Waals surface area contributed by atoms with E-state index in [1.54, 1.807) is 18.2 Å². The molecule has 0 saturated heterocycles. The van der Waals surface area contributed by atoms with Crippen LogP contribution < -0.4 is 10.5 Å². The molecule has 2 aromatic carbocycles. The molecule has 19 heavy (non-hydrogen) atoms. The molecule has 0 atom stereocenters. The molecule has 0 saturated carbocycles. The summed E-state index contributed by atoms with van der Waals surface area (Å²) in [5.41, 5.74) is 6.74. The second-order valence-corrected chi connectivity index (χ2v) is 5.71. The number of hydrogen-bond donors (Lipinski definition) is 1. The lowest BCUT2D eigenvalue weighted by atomic mass is 9.98. The van der Waals surface area contributed by atoms with Crippen molar-refractivity contribution in [2.24, 2.45) is 0 Å². The Kier molecular flexibility index (Phi) is 3.93. The third-order valence-electron chi connectivity index (χ3n) is 2.81. The average molecular weight is 296 g/mol. The summed E-state index contributed by atoms with van der Waals surface area (Å²) in [5, 5.41) is 1.19. The van der Waals surface area contributed by atoms with Gasteiger partial charge in [-0.3, -0.25) is 0 Å². The van der Waals surface area contributed by atoms with E-state index in [-0.39, 0.29) is 0 Å². The Morgan fingerprint density at radius 1 is 0.947 bits per heavy atom. The van der Waals surface area contributed by atoms with Crippen LogP contribution in [0.2, 0.25) is 10.0 Å². The van der Waals surface area contributed by atoms with E-state index in [0.717, 1.165) is 11.3 Å². The molecule has 2 rings (SSSR count). The van der Waals surface area contributed by atoms with Gasteiger partial charge in [0, 0.05) is 15.7 Å². The SMILES string of the molecule is CC(C)(Oc1ccc(N)cc1)c1cc(Cl)cc(Cl)c1. The van der Waals surface area contributed by atoms with E-state index < -0.39 is 5.60 Å². The predicted molar refractivity (Wildman–Crippen MR) is 81.0 cm³/mol. The van der Waals surface area contributed by atoms with Crippen LogP contribution in [-0.4, -0.2) is 0 Å². The number of halogens is 2. The Labute approximate surface area is 123 Å². The summed E-state index contributed by atoms with van der Waals surface area (Å²) in [4.78, 5) is 0. The second kappa shape index (κ2) is 5.32. The normalized spacial score (nSPS) is 11.4. The van der Waals surface area contributed by atoms with Crippen molar-refractivity contribution < 1.29 is 4.74 Å². The van der Waals surface area contributed by atoms with Crippen LogP contribution in [0.5, 0.6) is 5.75 Å². The molecule has 4 heteroatoms. The Balaban J connectivity index is 2.28. The second-order valence-electron chi connectivity index (χ2n) is 4.84. The summed E-state index contributed by atoms with van der Waals surface area (Å²) < 4.78 is 5.98. The van der Waals surface area contributed by atoms with E-state index in [1.807, 2.05) is 38.1 Å². The van der Waals surface area contributed by atoms with Crippen LogP contribution in [0.3, 0.4) is 0 Å². The van der Waals surface area contributed by atoms with Gasteiger partial charge in [-0.1, -0.05) is 23.2 Å². The molecule has 2 nitrogen and oxygen atoms in total. The fraction of sp³-hybridized carbons (Fsp3) is 0.200. The van der Waals surface area contributed by atoms with Gasteiger partial charge in [0.15, 0.2) is 0 Å². The Hall–Kier alpha value is -1.38. The largest absolute Gasteiger partial charge is 0.483 e. The molecular weight excluding hydrogens is 281 g/mol. The van der Waals surface area contributed by atoms with Gasteiger partial charge in [0.05, 0.1) is 0 Å². The van der Waals surface area contributed by atoms with E-state index in [9.17, 15) is 0 Å². The summed E-state index contributed by atoms with van der Waals surface area (Å²) in [6, 6.07) is 12.7. The van der Waals surface area contributed by atoms with E-state index in [4.69, 9.17) is 33.7 Å². The number of benzene rings is 2. The molecule has 0 bridgehead atoms. The summed E-state index contributed by atoms with van der Waals surface area (Å²) in [6.45, 7) is 3.93. The van der Waals surface area contributed by atoms with Crippen molar-refractivity contribution in [1.29, 1.82) is 0 Å². The zero-order chi connectivity index (χ0) is 14.0. The molecule has 0 radical (unpaired) electrons. The Bertz CT molecular complexity index is 559. The van der Waals surface area contributed by atoms with E-state index >= 15 is 0 Å². The van der Waals surface area contributed by atoms with Gasteiger partial charge in [-0.15, -0.1) is 0 Å². The Morgan fingerprint density at radius 2 is 1.47 bits per heavy atom. The van der Waals surface area contributed by atoms with Crippen LogP contribution in [0.25, 0.3) is 0 Å². The van der Waals surface area contributed by atoms with Gasteiger partial charge in [0.2, 0.25) is 0 Å². The molecule has 0 aliphatic heterocycles. The van der Waals surface area contributed by atoms with Crippen LogP contribution in [0.1, 0.15) is 19.4 Å². The predicted octanol–water partition coefficient (Wildman–Crippen LogP) is 4.89. The van der Waals surface area contributed by atoms with Crippen molar-refractivity contribution >= 4 is 28.9 Å². The van der Waals surface area contributed by atoms with E-state index in [2.05, 4.69) is 0 Å². The zero-order valence-corrected chi connectivity index (χ0v) is 12.3. The van der Waals surface area contributed by atoms with Crippen molar-refractivity contribution in [3.05, 3.63) is 58.1 Å². The minimum atomic E-state index is -0.537. The zero-order valence-electron chi connectivity index (χ0n) is 10.8. The van der Waals surface area contributed by atoms with Gasteiger partial charge in [-0.05, 0) is 61.9 Å². The van der Waals surface area contributed by atoms with E-state index in [1.165, 1.54) is 0 Å². The smallest absolute Gasteiger partial charge is 0.128 e. The van der Waals surface area contributed by atoms with Gasteiger partial charge in [-0.2, -0.15) is 0 Å². The lowest BCUT2D eigenvalue weighted by Gasteiger charge is -2.27. The monoisotopic (exact) mass is 295 g/mol. The molecule has 0 fully saturated rings. The number of anilines is 1. The Morgan fingerprint density at radius 3 is 2.00 bits per heavy atom. The molecule has 100 valence electrons. The molecule has 0 aliphatic rings. The average Bonchev–Trinajstić information content (AvgIpc) is 2.31. The van der Waals surface area contributed by atoms with Crippen molar-refractivity contribution in [2.75, 3.05) is 5.73 Å². The summed E-state index contributed by atoms with van der Waals surface area (Å²) in [5.74, 6) is 0.746. The highest BCUT2D eigenvalue weighted by molar-refractivity contribution is 6.34. The molecule has 0 aliphatic carbocycles. The summed E-state index contributed by atoms with van der Waals surface area (Å²) in [6.07, 6.45) is 0. The first-order valence-electron chi connectivity index (χ1n) is 5.88. The van der Waals surface area contributed by atoms with Gasteiger partial charge in [0.25, 0.3) is 0 Å². The number of rotatable bonds is 3. The van der Waals surface area contributed by atoms with Crippen LogP contribution in [-0.2, 0) is 5.60 Å². The van der Waals surface area contributed by atoms with Crippen LogP contribution in [0.4, 0.5) is 5.69 Å². The molecule has 0 aromatic heterocycles. The minimum Gasteiger partial charge on any atom is -0.483 e. The first-order valence-corrected chi connectivity index (χ1v) is 6.63. The maximum absolute atomic E-state index is 6.02. The molecule has 2 N–H and O–H groups in total. The maximum Gasteiger partial charge on any atom is 0.128 e. The number of hydrogen-bond acceptors (Lipinski definition) is 2. The fourth-order valence-corrected chi connectivity index (χ4v) is 2.32. The summed E-state index contributed by atoms with van der Waals surface area (Å²) in [7, 11) is 0. The maximum atomic E-state index is 6.02. The minimum absolute atomic E-state index is 0.537. The van der Waals surface area contributed by atoms with E-state index in [0.29, 0.717) is 15.7 Å². The topological polar surface area (TPSA) is 35.2 Å². The molecule has 0 unspecified atom stereocenters. The van der Waals surface area contributed by atoms with Gasteiger partial charge < -0.3 is 10.5 Å². The van der Waals surface area contributed by atoms with Gasteiger partial charge in [-0.25, -0.2) is 0 Å². The number of nitrogens with two attached hydrogens (primary N) is 1. The number of nitrogen functional groups attached to an aromatic ring is 1. The first kappa shape index (κ1) is 14.0. The third kappa shape index (κ3) is 3.55. The lowest BCUT2D eigenvalue weighted by molar-refractivity contribution is 0.109. The third-order valence-corrected chi connectivity index (χ3v) is 3.25. The molecule has 0 spiro atoms. The van der Waals surface area contributed by atoms with Crippen LogP contribution in [0, 0.1) is 0 Å². The number of ether oxygens (including phenoxy) is 1. The quantitative estimate of drug-likeness (QED) is 0.818. The molecule has 0 heterocycles. The van der Waals surface area contributed by atoms with Crippen molar-refractivity contribution in [3.8, 4) is 5.75 Å².